The number of urea groups is 1. The maximum Gasteiger partial charge on any atom is 0.333 e. The fourth-order valence-corrected chi connectivity index (χ4v) is 5.04. The second-order valence-electron chi connectivity index (χ2n) is 6.77. The highest BCUT2D eigenvalue weighted by Crippen LogP contribution is 2.28. The van der Waals surface area contributed by atoms with E-state index in [0.717, 1.165) is 26.4 Å². The fraction of sp³-hybridized carbons (Fsp3) is 0.0952. The van der Waals surface area contributed by atoms with Crippen molar-refractivity contribution in [2.24, 2.45) is 0 Å². The molecule has 0 aliphatic rings. The molecule has 2 heterocycles. The van der Waals surface area contributed by atoms with Gasteiger partial charge in [-0.15, -0.1) is 11.3 Å². The molecule has 4 N–H and O–H groups in total. The Kier molecular flexibility index (Phi) is 6.72. The number of carbonyl (C=O) groups is 1. The lowest BCUT2D eigenvalue weighted by Gasteiger charge is -2.13. The average molecular weight is 506 g/mol. The third-order valence-corrected chi connectivity index (χ3v) is 6.85. The Morgan fingerprint density at radius 3 is 2.64 bits per heavy atom. The number of hydrogen-bond acceptors (Lipinski definition) is 6. The summed E-state index contributed by atoms with van der Waals surface area (Å²) in [5, 5.41) is 5.82. The van der Waals surface area contributed by atoms with Crippen LogP contribution in [0.15, 0.2) is 62.3 Å². The van der Waals surface area contributed by atoms with Crippen molar-refractivity contribution in [1.29, 1.82) is 0 Å². The van der Waals surface area contributed by atoms with Crippen LogP contribution in [-0.2, 0) is 6.67 Å². The third-order valence-electron chi connectivity index (χ3n) is 4.70. The zero-order valence-corrected chi connectivity index (χ0v) is 19.5. The van der Waals surface area contributed by atoms with Gasteiger partial charge in [0.1, 0.15) is 6.67 Å². The molecule has 2 amide bonds. The van der Waals surface area contributed by atoms with Crippen LogP contribution >= 0.6 is 34.9 Å². The number of alkyl halides is 1. The lowest BCUT2D eigenvalue weighted by molar-refractivity contribution is 0.257. The number of carbonyl (C=O) groups excluding carboxylic acids is 1. The molecule has 0 saturated heterocycles. The van der Waals surface area contributed by atoms with Gasteiger partial charge in [0.25, 0.3) is 5.56 Å². The highest BCUT2D eigenvalue weighted by atomic mass is 35.5. The van der Waals surface area contributed by atoms with Gasteiger partial charge < -0.3 is 15.6 Å². The van der Waals surface area contributed by atoms with Gasteiger partial charge in [-0.25, -0.2) is 18.5 Å². The molecule has 0 atom stereocenters. The Balaban J connectivity index is 1.61. The molecule has 0 radical (unpaired) electrons. The summed E-state index contributed by atoms with van der Waals surface area (Å²) in [4.78, 5) is 40.5. The number of aromatic amines is 1. The van der Waals surface area contributed by atoms with Crippen molar-refractivity contribution in [3.63, 3.8) is 0 Å². The Labute approximate surface area is 199 Å². The zero-order chi connectivity index (χ0) is 23.5. The first-order valence-electron chi connectivity index (χ1n) is 9.55. The standard InChI is InChI=1S/C21H17ClFN5O3S2/c1-24-12-2-4-14-15(9-12)26-21(31)28(19(14)29)16-5-3-13(8-11(16)10-23)25-20(30)27-33-18-7-6-17(22)32-18/h2-9,24H,10H2,1H3,(H,26,31)(H2,25,27,30). The lowest BCUT2D eigenvalue weighted by Crippen LogP contribution is -2.34. The third kappa shape index (κ3) is 4.90. The molecule has 4 rings (SSSR count). The average Bonchev–Trinajstić information content (AvgIpc) is 3.23. The number of thiophene rings is 1. The number of H-pyrrole nitrogens is 1. The van der Waals surface area contributed by atoms with E-state index in [0.29, 0.717) is 15.5 Å². The summed E-state index contributed by atoms with van der Waals surface area (Å²) < 4.78 is 18.7. The largest absolute Gasteiger partial charge is 0.388 e. The summed E-state index contributed by atoms with van der Waals surface area (Å²) in [6.45, 7) is -0.947. The lowest BCUT2D eigenvalue weighted by atomic mass is 10.1. The van der Waals surface area contributed by atoms with E-state index >= 15 is 0 Å². The van der Waals surface area contributed by atoms with Gasteiger partial charge in [0.15, 0.2) is 0 Å². The van der Waals surface area contributed by atoms with Crippen LogP contribution in [-0.4, -0.2) is 22.6 Å². The van der Waals surface area contributed by atoms with Crippen molar-refractivity contribution in [1.82, 2.24) is 14.3 Å². The molecule has 12 heteroatoms. The Hall–Kier alpha value is -3.28. The van der Waals surface area contributed by atoms with E-state index in [1.165, 1.54) is 29.5 Å². The second kappa shape index (κ2) is 9.69. The molecule has 0 aliphatic carbocycles. The first-order chi connectivity index (χ1) is 15.9. The number of aromatic nitrogens is 2. The topological polar surface area (TPSA) is 108 Å². The number of halogens is 2. The fourth-order valence-electron chi connectivity index (χ4n) is 3.19. The summed E-state index contributed by atoms with van der Waals surface area (Å²) >= 11 is 8.27. The molecule has 8 nitrogen and oxygen atoms in total. The summed E-state index contributed by atoms with van der Waals surface area (Å²) in [6.07, 6.45) is 0. The minimum Gasteiger partial charge on any atom is -0.388 e. The molecule has 0 unspecified atom stereocenters. The van der Waals surface area contributed by atoms with E-state index in [-0.39, 0.29) is 16.6 Å². The summed E-state index contributed by atoms with van der Waals surface area (Å²) in [5.41, 5.74) is 0.303. The van der Waals surface area contributed by atoms with E-state index < -0.39 is 24.0 Å². The number of amides is 2. The Morgan fingerprint density at radius 1 is 1.15 bits per heavy atom. The molecule has 2 aromatic heterocycles. The predicted molar refractivity (Wildman–Crippen MR) is 132 cm³/mol. The summed E-state index contributed by atoms with van der Waals surface area (Å²) in [6, 6.07) is 12.2. The maximum atomic E-state index is 13.9. The highest BCUT2D eigenvalue weighted by molar-refractivity contribution is 7.99. The van der Waals surface area contributed by atoms with Gasteiger partial charge in [0.2, 0.25) is 0 Å². The van der Waals surface area contributed by atoms with E-state index in [1.807, 2.05) is 0 Å². The Bertz CT molecular complexity index is 1470. The molecular formula is C21H17ClFN5O3S2. The minimum absolute atomic E-state index is 0.0734. The number of nitrogens with one attached hydrogen (secondary N) is 4. The minimum atomic E-state index is -0.947. The Morgan fingerprint density at radius 2 is 1.94 bits per heavy atom. The smallest absolute Gasteiger partial charge is 0.333 e. The quantitative estimate of drug-likeness (QED) is 0.283. The van der Waals surface area contributed by atoms with Crippen molar-refractivity contribution in [2.45, 2.75) is 10.9 Å². The van der Waals surface area contributed by atoms with Crippen molar-refractivity contribution in [2.75, 3.05) is 17.7 Å². The van der Waals surface area contributed by atoms with E-state index in [2.05, 4.69) is 20.3 Å². The summed E-state index contributed by atoms with van der Waals surface area (Å²) in [7, 11) is 1.72. The van der Waals surface area contributed by atoms with Gasteiger partial charge in [0, 0.05) is 24.0 Å². The number of hydrogen-bond donors (Lipinski definition) is 4. The van der Waals surface area contributed by atoms with Gasteiger partial charge in [-0.05, 0) is 60.5 Å². The molecule has 0 saturated carbocycles. The first-order valence-corrected chi connectivity index (χ1v) is 11.6. The van der Waals surface area contributed by atoms with Crippen LogP contribution in [0.1, 0.15) is 5.56 Å². The van der Waals surface area contributed by atoms with Gasteiger partial charge in [0.05, 0.1) is 25.1 Å². The maximum absolute atomic E-state index is 13.9. The van der Waals surface area contributed by atoms with Gasteiger partial charge in [-0.2, -0.15) is 0 Å². The molecule has 0 bridgehead atoms. The van der Waals surface area contributed by atoms with Crippen molar-refractivity contribution in [3.8, 4) is 5.69 Å². The molecule has 2 aromatic carbocycles. The van der Waals surface area contributed by atoms with Crippen LogP contribution in [0, 0.1) is 0 Å². The van der Waals surface area contributed by atoms with Crippen LogP contribution in [0.4, 0.5) is 20.6 Å². The van der Waals surface area contributed by atoms with Crippen LogP contribution in [0.2, 0.25) is 4.34 Å². The number of fused-ring (bicyclic) bond motifs is 1. The van der Waals surface area contributed by atoms with Crippen molar-refractivity contribution in [3.05, 3.63) is 79.3 Å². The second-order valence-corrected chi connectivity index (χ2v) is 9.60. The van der Waals surface area contributed by atoms with Crippen molar-refractivity contribution >= 4 is 63.2 Å². The van der Waals surface area contributed by atoms with E-state index in [9.17, 15) is 18.8 Å². The molecule has 0 aliphatic heterocycles. The number of rotatable bonds is 6. The molecule has 0 fully saturated rings. The highest BCUT2D eigenvalue weighted by Gasteiger charge is 2.15. The van der Waals surface area contributed by atoms with Gasteiger partial charge >= 0.3 is 11.7 Å². The zero-order valence-electron chi connectivity index (χ0n) is 17.1. The summed E-state index contributed by atoms with van der Waals surface area (Å²) in [5.74, 6) is 0. The molecule has 4 aromatic rings. The van der Waals surface area contributed by atoms with Crippen LogP contribution in [0.25, 0.3) is 16.6 Å². The number of nitrogens with zero attached hydrogens (tertiary/aromatic N) is 1. The van der Waals surface area contributed by atoms with E-state index in [1.54, 1.807) is 37.4 Å². The molecular weight excluding hydrogens is 489 g/mol. The van der Waals surface area contributed by atoms with Crippen LogP contribution < -0.4 is 26.6 Å². The SMILES string of the molecule is CNc1ccc2c(=O)n(-c3ccc(NC(=O)NSc4ccc(Cl)s4)cc3CF)c(=O)[nH]c2c1. The number of anilines is 2. The normalized spacial score (nSPS) is 10.9. The molecule has 0 spiro atoms. The van der Waals surface area contributed by atoms with Gasteiger partial charge in [-0.1, -0.05) is 11.6 Å². The molecule has 170 valence electrons. The van der Waals surface area contributed by atoms with E-state index in [4.69, 9.17) is 11.6 Å². The van der Waals surface area contributed by atoms with Crippen molar-refractivity contribution < 1.29 is 9.18 Å². The first kappa shape index (κ1) is 22.9. The van der Waals surface area contributed by atoms with Crippen LogP contribution in [0.5, 0.6) is 0 Å². The van der Waals surface area contributed by atoms with Gasteiger partial charge in [-0.3, -0.25) is 9.52 Å². The monoisotopic (exact) mass is 505 g/mol. The number of benzene rings is 2. The molecule has 33 heavy (non-hydrogen) atoms. The predicted octanol–water partition coefficient (Wildman–Crippen LogP) is 4.73. The van der Waals surface area contributed by atoms with Crippen LogP contribution in [0.3, 0.4) is 0 Å².